The van der Waals surface area contributed by atoms with Gasteiger partial charge in [-0.05, 0) is 23.3 Å². The molecule has 0 atom stereocenters. The zero-order valence-corrected chi connectivity index (χ0v) is 10.6. The van der Waals surface area contributed by atoms with Crippen LogP contribution in [0, 0.1) is 0 Å². The Bertz CT molecular complexity index is 868. The lowest BCUT2D eigenvalue weighted by Crippen LogP contribution is -2.09. The van der Waals surface area contributed by atoms with Crippen LogP contribution in [0.3, 0.4) is 0 Å². The van der Waals surface area contributed by atoms with Gasteiger partial charge in [0.15, 0.2) is 0 Å². The number of aromatic amines is 1. The first-order valence-corrected chi connectivity index (χ1v) is 6.11. The van der Waals surface area contributed by atoms with E-state index in [-0.39, 0.29) is 5.56 Å². The van der Waals surface area contributed by atoms with Crippen LogP contribution in [0.4, 0.5) is 13.2 Å². The first kappa shape index (κ1) is 13.4. The van der Waals surface area contributed by atoms with E-state index in [4.69, 9.17) is 0 Å². The van der Waals surface area contributed by atoms with Crippen molar-refractivity contribution in [1.29, 1.82) is 0 Å². The van der Waals surface area contributed by atoms with Crippen molar-refractivity contribution in [3.63, 3.8) is 0 Å². The molecule has 1 N–H and O–H groups in total. The van der Waals surface area contributed by atoms with E-state index in [1.165, 1.54) is 24.4 Å². The van der Waals surface area contributed by atoms with Crippen molar-refractivity contribution in [1.82, 2.24) is 9.97 Å². The summed E-state index contributed by atoms with van der Waals surface area (Å²) in [6.45, 7) is 0. The van der Waals surface area contributed by atoms with Crippen molar-refractivity contribution in [2.24, 2.45) is 0 Å². The number of nitrogens with zero attached hydrogens (tertiary/aromatic N) is 1. The molecular formula is C15H9F3N2O. The predicted molar refractivity (Wildman–Crippen MR) is 72.8 cm³/mol. The third-order valence-corrected chi connectivity index (χ3v) is 3.16. The van der Waals surface area contributed by atoms with Gasteiger partial charge in [-0.3, -0.25) is 0 Å². The van der Waals surface area contributed by atoms with Crippen LogP contribution in [0.5, 0.6) is 0 Å². The van der Waals surface area contributed by atoms with E-state index < -0.39 is 17.4 Å². The first-order chi connectivity index (χ1) is 9.95. The number of alkyl halides is 3. The minimum Gasteiger partial charge on any atom is -0.305 e. The van der Waals surface area contributed by atoms with Gasteiger partial charge in [-0.25, -0.2) is 9.78 Å². The molecule has 0 radical (unpaired) electrons. The minimum atomic E-state index is -4.43. The van der Waals surface area contributed by atoms with Gasteiger partial charge in [-0.2, -0.15) is 13.2 Å². The van der Waals surface area contributed by atoms with E-state index in [9.17, 15) is 18.0 Å². The number of rotatable bonds is 1. The molecule has 0 amide bonds. The topological polar surface area (TPSA) is 45.8 Å². The van der Waals surface area contributed by atoms with Crippen LogP contribution in [-0.4, -0.2) is 9.97 Å². The summed E-state index contributed by atoms with van der Waals surface area (Å²) in [7, 11) is 0. The number of fused-ring (bicyclic) bond motifs is 1. The van der Waals surface area contributed by atoms with E-state index in [0.29, 0.717) is 16.5 Å². The van der Waals surface area contributed by atoms with Crippen molar-refractivity contribution in [3.8, 4) is 11.1 Å². The fraction of sp³-hybridized carbons (Fsp3) is 0.0667. The van der Waals surface area contributed by atoms with Crippen LogP contribution >= 0.6 is 0 Å². The van der Waals surface area contributed by atoms with Crippen LogP contribution < -0.4 is 5.69 Å². The quantitative estimate of drug-likeness (QED) is 0.744. The molecule has 0 aliphatic heterocycles. The van der Waals surface area contributed by atoms with Crippen molar-refractivity contribution in [3.05, 3.63) is 64.7 Å². The number of H-pyrrole nitrogens is 1. The highest BCUT2D eigenvalue weighted by Crippen LogP contribution is 2.37. The SMILES string of the molecule is O=c1ncc2ccc(-c3ccccc3C(F)(F)F)cc2[nH]1. The zero-order valence-electron chi connectivity index (χ0n) is 10.6. The number of hydrogen-bond donors (Lipinski definition) is 1. The zero-order chi connectivity index (χ0) is 15.0. The maximum Gasteiger partial charge on any atom is 0.417 e. The number of hydrogen-bond acceptors (Lipinski definition) is 2. The normalized spacial score (nSPS) is 11.8. The Kier molecular flexibility index (Phi) is 3.01. The highest BCUT2D eigenvalue weighted by Gasteiger charge is 2.33. The monoisotopic (exact) mass is 290 g/mol. The van der Waals surface area contributed by atoms with Gasteiger partial charge in [-0.1, -0.05) is 30.3 Å². The predicted octanol–water partition coefficient (Wildman–Crippen LogP) is 3.61. The Morgan fingerprint density at radius 1 is 1.05 bits per heavy atom. The lowest BCUT2D eigenvalue weighted by atomic mass is 9.98. The fourth-order valence-electron chi connectivity index (χ4n) is 2.20. The lowest BCUT2D eigenvalue weighted by Gasteiger charge is -2.13. The lowest BCUT2D eigenvalue weighted by molar-refractivity contribution is -0.137. The third-order valence-electron chi connectivity index (χ3n) is 3.16. The molecule has 0 fully saturated rings. The molecule has 0 saturated carbocycles. The largest absolute Gasteiger partial charge is 0.417 e. The van der Waals surface area contributed by atoms with E-state index >= 15 is 0 Å². The van der Waals surface area contributed by atoms with E-state index in [1.807, 2.05) is 0 Å². The summed E-state index contributed by atoms with van der Waals surface area (Å²) in [5.74, 6) is 0. The highest BCUT2D eigenvalue weighted by molar-refractivity contribution is 5.84. The molecule has 3 rings (SSSR count). The van der Waals surface area contributed by atoms with Crippen LogP contribution in [0.2, 0.25) is 0 Å². The van der Waals surface area contributed by atoms with Crippen molar-refractivity contribution >= 4 is 10.9 Å². The Morgan fingerprint density at radius 3 is 2.57 bits per heavy atom. The second-order valence-electron chi connectivity index (χ2n) is 4.53. The summed E-state index contributed by atoms with van der Waals surface area (Å²) in [4.78, 5) is 17.3. The number of aromatic nitrogens is 2. The molecule has 3 aromatic rings. The molecule has 0 unspecified atom stereocenters. The standard InChI is InChI=1S/C15H9F3N2O/c16-15(17,18)12-4-2-1-3-11(12)9-5-6-10-8-19-14(21)20-13(10)7-9/h1-8H,(H,19,20,21). The Hall–Kier alpha value is -2.63. The van der Waals surface area contributed by atoms with Crippen LogP contribution in [0.1, 0.15) is 5.56 Å². The highest BCUT2D eigenvalue weighted by atomic mass is 19.4. The summed E-state index contributed by atoms with van der Waals surface area (Å²) in [5.41, 5.74) is -0.337. The van der Waals surface area contributed by atoms with Gasteiger partial charge in [0.25, 0.3) is 0 Å². The molecule has 0 bridgehead atoms. The molecule has 2 aromatic carbocycles. The van der Waals surface area contributed by atoms with Crippen LogP contribution in [0.15, 0.2) is 53.5 Å². The van der Waals surface area contributed by atoms with E-state index in [1.54, 1.807) is 18.2 Å². The Labute approximate surface area is 117 Å². The smallest absolute Gasteiger partial charge is 0.305 e. The molecule has 106 valence electrons. The second-order valence-corrected chi connectivity index (χ2v) is 4.53. The molecule has 1 heterocycles. The van der Waals surface area contributed by atoms with Crippen molar-refractivity contribution in [2.75, 3.05) is 0 Å². The van der Waals surface area contributed by atoms with Crippen LogP contribution in [0.25, 0.3) is 22.0 Å². The van der Waals surface area contributed by atoms with E-state index in [2.05, 4.69) is 9.97 Å². The molecule has 3 nitrogen and oxygen atoms in total. The second kappa shape index (κ2) is 4.73. The number of nitrogens with one attached hydrogen (secondary N) is 1. The van der Waals surface area contributed by atoms with Gasteiger partial charge >= 0.3 is 11.9 Å². The maximum absolute atomic E-state index is 13.0. The number of halogens is 3. The number of benzene rings is 2. The molecule has 0 aliphatic carbocycles. The fourth-order valence-corrected chi connectivity index (χ4v) is 2.20. The molecule has 0 aliphatic rings. The average molecular weight is 290 g/mol. The summed E-state index contributed by atoms with van der Waals surface area (Å²) in [6, 6.07) is 10.1. The van der Waals surface area contributed by atoms with Gasteiger partial charge in [0.2, 0.25) is 0 Å². The molecule has 6 heteroatoms. The van der Waals surface area contributed by atoms with Gasteiger partial charge in [0.05, 0.1) is 11.1 Å². The average Bonchev–Trinajstić information content (AvgIpc) is 2.45. The minimum absolute atomic E-state index is 0.0737. The van der Waals surface area contributed by atoms with Gasteiger partial charge in [0, 0.05) is 11.6 Å². The Balaban J connectivity index is 2.24. The maximum atomic E-state index is 13.0. The summed E-state index contributed by atoms with van der Waals surface area (Å²) in [5, 5.41) is 0.655. The first-order valence-electron chi connectivity index (χ1n) is 6.11. The van der Waals surface area contributed by atoms with Gasteiger partial charge in [-0.15, -0.1) is 0 Å². The van der Waals surface area contributed by atoms with Gasteiger partial charge < -0.3 is 4.98 Å². The Morgan fingerprint density at radius 2 is 1.81 bits per heavy atom. The third kappa shape index (κ3) is 2.52. The molecular weight excluding hydrogens is 281 g/mol. The van der Waals surface area contributed by atoms with E-state index in [0.717, 1.165) is 6.07 Å². The molecule has 0 spiro atoms. The van der Waals surface area contributed by atoms with Gasteiger partial charge in [0.1, 0.15) is 0 Å². The van der Waals surface area contributed by atoms with Crippen molar-refractivity contribution < 1.29 is 13.2 Å². The summed E-state index contributed by atoms with van der Waals surface area (Å²) in [6.07, 6.45) is -3.05. The summed E-state index contributed by atoms with van der Waals surface area (Å²) < 4.78 is 39.1. The summed E-state index contributed by atoms with van der Waals surface area (Å²) >= 11 is 0. The van der Waals surface area contributed by atoms with Crippen molar-refractivity contribution in [2.45, 2.75) is 6.18 Å². The van der Waals surface area contributed by atoms with Crippen LogP contribution in [-0.2, 0) is 6.18 Å². The molecule has 0 saturated heterocycles. The molecule has 1 aromatic heterocycles. The molecule has 21 heavy (non-hydrogen) atoms.